The third kappa shape index (κ3) is 3.44. The molecule has 0 fully saturated rings. The molecule has 2 aromatic carbocycles. The Hall–Kier alpha value is -2.40. The first kappa shape index (κ1) is 18.4. The summed E-state index contributed by atoms with van der Waals surface area (Å²) in [5, 5.41) is 0.857. The number of aromatic nitrogens is 2. The van der Waals surface area contributed by atoms with Crippen LogP contribution in [0.25, 0.3) is 10.9 Å². The molecule has 1 atom stereocenters. The van der Waals surface area contributed by atoms with E-state index in [1.165, 1.54) is 11.8 Å². The van der Waals surface area contributed by atoms with Crippen LogP contribution in [0.4, 0.5) is 0 Å². The molecule has 5 heteroatoms. The molecule has 1 aromatic heterocycles. The number of ketones is 1. The highest BCUT2D eigenvalue weighted by Gasteiger charge is 2.21. The van der Waals surface area contributed by atoms with Gasteiger partial charge >= 0.3 is 0 Å². The molecule has 1 heterocycles. The minimum absolute atomic E-state index is 0.0567. The van der Waals surface area contributed by atoms with Gasteiger partial charge in [0.15, 0.2) is 10.9 Å². The smallest absolute Gasteiger partial charge is 0.262 e. The molecule has 26 heavy (non-hydrogen) atoms. The highest BCUT2D eigenvalue weighted by Crippen LogP contribution is 2.26. The van der Waals surface area contributed by atoms with Gasteiger partial charge in [-0.25, -0.2) is 4.98 Å². The van der Waals surface area contributed by atoms with E-state index in [0.29, 0.717) is 22.6 Å². The highest BCUT2D eigenvalue weighted by atomic mass is 32.2. The summed E-state index contributed by atoms with van der Waals surface area (Å²) in [7, 11) is 0. The highest BCUT2D eigenvalue weighted by molar-refractivity contribution is 8.00. The first-order chi connectivity index (χ1) is 12.4. The van der Waals surface area contributed by atoms with Crippen molar-refractivity contribution in [1.29, 1.82) is 0 Å². The predicted octanol–water partition coefficient (Wildman–Crippen LogP) is 4.40. The largest absolute Gasteiger partial charge is 0.293 e. The van der Waals surface area contributed by atoms with Crippen molar-refractivity contribution >= 4 is 28.4 Å². The van der Waals surface area contributed by atoms with E-state index < -0.39 is 0 Å². The fourth-order valence-electron chi connectivity index (χ4n) is 2.95. The standard InChI is InChI=1S/C21H22N2O2S/c1-5-23-20(25)16-8-6-7-9-18(16)22-21(23)26-15(4)19(24)17-12-13(2)10-11-14(17)3/h6-12,15H,5H2,1-4H3/t15-/m0/s1. The zero-order valence-corrected chi connectivity index (χ0v) is 16.3. The average Bonchev–Trinajstić information content (AvgIpc) is 2.63. The minimum Gasteiger partial charge on any atom is -0.293 e. The van der Waals surface area contributed by atoms with Gasteiger partial charge in [0.25, 0.3) is 5.56 Å². The molecule has 0 saturated carbocycles. The van der Waals surface area contributed by atoms with Crippen LogP contribution in [0.1, 0.15) is 35.3 Å². The summed E-state index contributed by atoms with van der Waals surface area (Å²) in [5.74, 6) is 0.0567. The molecule has 0 aliphatic carbocycles. The van der Waals surface area contributed by atoms with E-state index in [4.69, 9.17) is 0 Å². The van der Waals surface area contributed by atoms with Crippen molar-refractivity contribution in [3.8, 4) is 0 Å². The van der Waals surface area contributed by atoms with Crippen molar-refractivity contribution in [2.45, 2.75) is 44.6 Å². The molecule has 0 bridgehead atoms. The van der Waals surface area contributed by atoms with Gasteiger partial charge in [-0.15, -0.1) is 0 Å². The predicted molar refractivity (Wildman–Crippen MR) is 107 cm³/mol. The summed E-state index contributed by atoms with van der Waals surface area (Å²) in [6.07, 6.45) is 0. The van der Waals surface area contributed by atoms with Crippen molar-refractivity contribution in [3.63, 3.8) is 0 Å². The third-order valence-corrected chi connectivity index (χ3v) is 5.54. The Labute approximate surface area is 157 Å². The molecular formula is C21H22N2O2S. The fourth-order valence-corrected chi connectivity index (χ4v) is 3.99. The van der Waals surface area contributed by atoms with Gasteiger partial charge in [-0.05, 0) is 51.5 Å². The van der Waals surface area contributed by atoms with Gasteiger partial charge in [0.2, 0.25) is 0 Å². The van der Waals surface area contributed by atoms with Crippen molar-refractivity contribution in [2.24, 2.45) is 0 Å². The Kier molecular flexibility index (Phi) is 5.28. The quantitative estimate of drug-likeness (QED) is 0.382. The van der Waals surface area contributed by atoms with Crippen LogP contribution in [-0.2, 0) is 6.54 Å². The number of carbonyl (C=O) groups excluding carboxylic acids is 1. The topological polar surface area (TPSA) is 52.0 Å². The number of fused-ring (bicyclic) bond motifs is 1. The van der Waals surface area contributed by atoms with Gasteiger partial charge in [-0.1, -0.05) is 41.6 Å². The number of aryl methyl sites for hydroxylation is 2. The van der Waals surface area contributed by atoms with Gasteiger partial charge in [0, 0.05) is 12.1 Å². The van der Waals surface area contributed by atoms with Crippen LogP contribution in [0.3, 0.4) is 0 Å². The number of hydrogen-bond acceptors (Lipinski definition) is 4. The first-order valence-corrected chi connectivity index (χ1v) is 9.58. The second-order valence-corrected chi connectivity index (χ2v) is 7.71. The van der Waals surface area contributed by atoms with Crippen molar-refractivity contribution < 1.29 is 4.79 Å². The van der Waals surface area contributed by atoms with Gasteiger partial charge in [-0.2, -0.15) is 0 Å². The van der Waals surface area contributed by atoms with E-state index >= 15 is 0 Å². The van der Waals surface area contributed by atoms with Crippen LogP contribution >= 0.6 is 11.8 Å². The summed E-state index contributed by atoms with van der Waals surface area (Å²) < 4.78 is 1.64. The molecule has 0 saturated heterocycles. The lowest BCUT2D eigenvalue weighted by molar-refractivity contribution is 0.0993. The monoisotopic (exact) mass is 366 g/mol. The zero-order valence-electron chi connectivity index (χ0n) is 15.4. The van der Waals surface area contributed by atoms with Crippen molar-refractivity contribution in [3.05, 3.63) is 69.5 Å². The summed E-state index contributed by atoms with van der Waals surface area (Å²) in [5.41, 5.74) is 3.36. The van der Waals surface area contributed by atoms with Crippen LogP contribution in [0, 0.1) is 13.8 Å². The molecule has 4 nitrogen and oxygen atoms in total. The second-order valence-electron chi connectivity index (χ2n) is 6.40. The molecule has 0 radical (unpaired) electrons. The second kappa shape index (κ2) is 7.46. The molecule has 0 aliphatic heterocycles. The first-order valence-electron chi connectivity index (χ1n) is 8.70. The maximum absolute atomic E-state index is 12.9. The number of Topliss-reactive ketones (excluding diaryl/α,β-unsaturated/α-hetero) is 1. The number of carbonyl (C=O) groups is 1. The normalized spacial score (nSPS) is 12.3. The van der Waals surface area contributed by atoms with Crippen LogP contribution in [0.5, 0.6) is 0 Å². The summed E-state index contributed by atoms with van der Waals surface area (Å²) in [6.45, 7) is 8.23. The van der Waals surface area contributed by atoms with E-state index in [1.807, 2.05) is 64.1 Å². The van der Waals surface area contributed by atoms with Crippen LogP contribution in [0.2, 0.25) is 0 Å². The molecule has 134 valence electrons. The SMILES string of the molecule is CCn1c(S[C@@H](C)C(=O)c2cc(C)ccc2C)nc2ccccc2c1=O. The van der Waals surface area contributed by atoms with Gasteiger partial charge in [-0.3, -0.25) is 14.2 Å². The van der Waals surface area contributed by atoms with Crippen LogP contribution in [0.15, 0.2) is 52.4 Å². The lowest BCUT2D eigenvalue weighted by atomic mass is 10.0. The summed E-state index contributed by atoms with van der Waals surface area (Å²) >= 11 is 1.34. The Morgan fingerprint density at radius 3 is 2.65 bits per heavy atom. The Morgan fingerprint density at radius 2 is 1.92 bits per heavy atom. The van der Waals surface area contributed by atoms with Crippen LogP contribution in [-0.4, -0.2) is 20.6 Å². The van der Waals surface area contributed by atoms with Crippen molar-refractivity contribution in [1.82, 2.24) is 9.55 Å². The Morgan fingerprint density at radius 1 is 1.19 bits per heavy atom. The van der Waals surface area contributed by atoms with E-state index in [0.717, 1.165) is 16.7 Å². The number of thioether (sulfide) groups is 1. The van der Waals surface area contributed by atoms with E-state index in [1.54, 1.807) is 10.6 Å². The summed E-state index contributed by atoms with van der Waals surface area (Å²) in [4.78, 5) is 30.3. The number of para-hydroxylation sites is 1. The van der Waals surface area contributed by atoms with Crippen LogP contribution < -0.4 is 5.56 Å². The third-order valence-electron chi connectivity index (χ3n) is 4.45. The molecule has 0 N–H and O–H groups in total. The van der Waals surface area contributed by atoms with E-state index in [-0.39, 0.29) is 16.6 Å². The zero-order chi connectivity index (χ0) is 18.8. The molecule has 0 unspecified atom stereocenters. The lowest BCUT2D eigenvalue weighted by Gasteiger charge is -2.16. The Balaban J connectivity index is 1.99. The van der Waals surface area contributed by atoms with Crippen molar-refractivity contribution in [2.75, 3.05) is 0 Å². The number of hydrogen-bond donors (Lipinski definition) is 0. The summed E-state index contributed by atoms with van der Waals surface area (Å²) in [6, 6.07) is 13.2. The number of nitrogens with zero attached hydrogens (tertiary/aromatic N) is 2. The molecule has 3 rings (SSSR count). The maximum atomic E-state index is 12.9. The Bertz CT molecular complexity index is 1040. The molecule has 0 aliphatic rings. The van der Waals surface area contributed by atoms with Gasteiger partial charge in [0.1, 0.15) is 0 Å². The van der Waals surface area contributed by atoms with Gasteiger partial charge < -0.3 is 0 Å². The van der Waals surface area contributed by atoms with E-state index in [2.05, 4.69) is 4.98 Å². The maximum Gasteiger partial charge on any atom is 0.262 e. The minimum atomic E-state index is -0.332. The molecule has 0 spiro atoms. The molecular weight excluding hydrogens is 344 g/mol. The number of rotatable bonds is 5. The molecule has 0 amide bonds. The van der Waals surface area contributed by atoms with Gasteiger partial charge in [0.05, 0.1) is 16.2 Å². The average molecular weight is 366 g/mol. The number of benzene rings is 2. The van der Waals surface area contributed by atoms with E-state index in [9.17, 15) is 9.59 Å². The molecule has 3 aromatic rings. The fraction of sp³-hybridized carbons (Fsp3) is 0.286. The lowest BCUT2D eigenvalue weighted by Crippen LogP contribution is -2.24.